The van der Waals surface area contributed by atoms with Crippen LogP contribution >= 0.6 is 0 Å². The average Bonchev–Trinajstić information content (AvgIpc) is 2.60. The minimum absolute atomic E-state index is 0.0175. The van der Waals surface area contributed by atoms with Gasteiger partial charge < -0.3 is 15.0 Å². The molecular weight excluding hydrogens is 308 g/mol. The van der Waals surface area contributed by atoms with Crippen LogP contribution in [-0.2, 0) is 24.2 Å². The number of methoxy groups -OCH3 is 1. The molecule has 0 radical (unpaired) electrons. The minimum Gasteiger partial charge on any atom is -0.383 e. The summed E-state index contributed by atoms with van der Waals surface area (Å²) in [5, 5.41) is 7.57. The molecule has 0 saturated heterocycles. The quantitative estimate of drug-likeness (QED) is 0.900. The van der Waals surface area contributed by atoms with E-state index in [2.05, 4.69) is 10.4 Å². The maximum atomic E-state index is 12.5. The van der Waals surface area contributed by atoms with Crippen LogP contribution in [0.2, 0.25) is 0 Å². The molecule has 7 nitrogen and oxygen atoms in total. The van der Waals surface area contributed by atoms with Crippen LogP contribution in [0.15, 0.2) is 10.9 Å². The molecule has 0 aromatic carbocycles. The third-order valence-electron chi connectivity index (χ3n) is 4.87. The lowest BCUT2D eigenvalue weighted by Gasteiger charge is -2.31. The first kappa shape index (κ1) is 17.0. The number of fused-ring (bicyclic) bond motifs is 1. The Balaban J connectivity index is 1.64. The van der Waals surface area contributed by atoms with Crippen LogP contribution in [0, 0.1) is 0 Å². The highest BCUT2D eigenvalue weighted by Gasteiger charge is 2.25. The van der Waals surface area contributed by atoms with Gasteiger partial charge in [-0.1, -0.05) is 19.3 Å². The highest BCUT2D eigenvalue weighted by atomic mass is 16.5. The highest BCUT2D eigenvalue weighted by Crippen LogP contribution is 2.19. The highest BCUT2D eigenvalue weighted by molar-refractivity contribution is 5.74. The molecule has 24 heavy (non-hydrogen) atoms. The Labute approximate surface area is 142 Å². The standard InChI is InChI=1S/C17H26N4O3/c1-24-10-9-21-16(22)11-13-12-20(8-7-15(13)19-21)17(23)18-14-5-3-2-4-6-14/h11,14H,2-10,12H2,1H3,(H,18,23). The van der Waals surface area contributed by atoms with Crippen LogP contribution in [0.5, 0.6) is 0 Å². The first-order valence-electron chi connectivity index (χ1n) is 8.81. The number of nitrogens with zero attached hydrogens (tertiary/aromatic N) is 3. The number of carbonyl (C=O) groups is 1. The predicted octanol–water partition coefficient (Wildman–Crippen LogP) is 1.29. The fraction of sp³-hybridized carbons (Fsp3) is 0.706. The van der Waals surface area contributed by atoms with Gasteiger partial charge in [0.15, 0.2) is 0 Å². The zero-order valence-corrected chi connectivity index (χ0v) is 14.3. The van der Waals surface area contributed by atoms with Gasteiger partial charge in [0, 0.05) is 44.3 Å². The van der Waals surface area contributed by atoms with Gasteiger partial charge in [0.05, 0.1) is 18.8 Å². The monoisotopic (exact) mass is 334 g/mol. The number of hydrogen-bond acceptors (Lipinski definition) is 4. The third-order valence-corrected chi connectivity index (χ3v) is 4.87. The van der Waals surface area contributed by atoms with Gasteiger partial charge in [0.1, 0.15) is 0 Å². The van der Waals surface area contributed by atoms with Crippen LogP contribution in [0.1, 0.15) is 43.4 Å². The molecule has 0 spiro atoms. The lowest BCUT2D eigenvalue weighted by atomic mass is 9.96. The van der Waals surface area contributed by atoms with E-state index < -0.39 is 0 Å². The molecule has 1 aromatic heterocycles. The number of carbonyl (C=O) groups excluding carboxylic acids is 1. The molecule has 0 unspecified atom stereocenters. The van der Waals surface area contributed by atoms with Crippen molar-refractivity contribution in [3.63, 3.8) is 0 Å². The fourth-order valence-electron chi connectivity index (χ4n) is 3.46. The number of rotatable bonds is 4. The predicted molar refractivity (Wildman–Crippen MR) is 89.9 cm³/mol. The van der Waals surface area contributed by atoms with Crippen molar-refractivity contribution < 1.29 is 9.53 Å². The topological polar surface area (TPSA) is 76.5 Å². The van der Waals surface area contributed by atoms with Gasteiger partial charge in [-0.2, -0.15) is 5.10 Å². The summed E-state index contributed by atoms with van der Waals surface area (Å²) in [6, 6.07) is 1.89. The Hall–Kier alpha value is -1.89. The number of nitrogens with one attached hydrogen (secondary N) is 1. The van der Waals surface area contributed by atoms with Gasteiger partial charge in [0.2, 0.25) is 0 Å². The van der Waals surface area contributed by atoms with Crippen molar-refractivity contribution in [2.24, 2.45) is 0 Å². The van der Waals surface area contributed by atoms with Gasteiger partial charge in [-0.15, -0.1) is 0 Å². The molecule has 1 aromatic rings. The minimum atomic E-state index is -0.139. The molecule has 1 fully saturated rings. The van der Waals surface area contributed by atoms with E-state index in [4.69, 9.17) is 4.74 Å². The average molecular weight is 334 g/mol. The number of hydrogen-bond donors (Lipinski definition) is 1. The molecule has 0 bridgehead atoms. The van der Waals surface area contributed by atoms with Crippen molar-refractivity contribution in [1.82, 2.24) is 20.0 Å². The largest absolute Gasteiger partial charge is 0.383 e. The molecule has 2 heterocycles. The van der Waals surface area contributed by atoms with Gasteiger partial charge >= 0.3 is 6.03 Å². The Morgan fingerprint density at radius 1 is 1.38 bits per heavy atom. The SMILES string of the molecule is COCCn1nc2c(cc1=O)CN(C(=O)NC1CCCCC1)CC2. The Kier molecular flexibility index (Phi) is 5.50. The van der Waals surface area contributed by atoms with Crippen molar-refractivity contribution in [2.45, 2.75) is 57.7 Å². The van der Waals surface area contributed by atoms with E-state index in [1.54, 1.807) is 18.1 Å². The Morgan fingerprint density at radius 3 is 2.92 bits per heavy atom. The second-order valence-electron chi connectivity index (χ2n) is 6.63. The lowest BCUT2D eigenvalue weighted by molar-refractivity contribution is 0.178. The molecule has 1 aliphatic heterocycles. The van der Waals surface area contributed by atoms with E-state index in [-0.39, 0.29) is 11.6 Å². The van der Waals surface area contributed by atoms with E-state index in [9.17, 15) is 9.59 Å². The summed E-state index contributed by atoms with van der Waals surface area (Å²) >= 11 is 0. The molecule has 132 valence electrons. The Morgan fingerprint density at radius 2 is 2.17 bits per heavy atom. The maximum Gasteiger partial charge on any atom is 0.317 e. The number of urea groups is 1. The molecule has 2 aliphatic rings. The number of ether oxygens (including phenoxy) is 1. The van der Waals surface area contributed by atoms with E-state index in [0.29, 0.717) is 38.7 Å². The third kappa shape index (κ3) is 3.95. The van der Waals surface area contributed by atoms with Gasteiger partial charge in [-0.25, -0.2) is 9.48 Å². The van der Waals surface area contributed by atoms with Crippen molar-refractivity contribution in [2.75, 3.05) is 20.3 Å². The molecule has 3 rings (SSSR count). The summed E-state index contributed by atoms with van der Waals surface area (Å²) in [6.07, 6.45) is 6.48. The Bertz CT molecular complexity index is 637. The smallest absolute Gasteiger partial charge is 0.317 e. The second-order valence-corrected chi connectivity index (χ2v) is 6.63. The van der Waals surface area contributed by atoms with Crippen LogP contribution in [0.25, 0.3) is 0 Å². The van der Waals surface area contributed by atoms with Gasteiger partial charge in [0.25, 0.3) is 5.56 Å². The molecule has 0 atom stereocenters. The normalized spacial score (nSPS) is 18.3. The van der Waals surface area contributed by atoms with E-state index in [1.165, 1.54) is 23.9 Å². The summed E-state index contributed by atoms with van der Waals surface area (Å²) < 4.78 is 6.45. The number of aromatic nitrogens is 2. The summed E-state index contributed by atoms with van der Waals surface area (Å²) in [6.45, 7) is 2.01. The van der Waals surface area contributed by atoms with Crippen LogP contribution in [0.4, 0.5) is 4.79 Å². The van der Waals surface area contributed by atoms with Crippen LogP contribution < -0.4 is 10.9 Å². The van der Waals surface area contributed by atoms with Crippen molar-refractivity contribution in [1.29, 1.82) is 0 Å². The van der Waals surface area contributed by atoms with E-state index in [0.717, 1.165) is 24.1 Å². The zero-order chi connectivity index (χ0) is 16.9. The summed E-state index contributed by atoms with van der Waals surface area (Å²) in [7, 11) is 1.60. The molecule has 2 amide bonds. The van der Waals surface area contributed by atoms with Gasteiger partial charge in [-0.3, -0.25) is 4.79 Å². The lowest BCUT2D eigenvalue weighted by Crippen LogP contribution is -2.47. The first-order valence-corrected chi connectivity index (χ1v) is 8.81. The van der Waals surface area contributed by atoms with Crippen LogP contribution in [-0.4, -0.2) is 47.0 Å². The van der Waals surface area contributed by atoms with Crippen molar-refractivity contribution in [3.05, 3.63) is 27.7 Å². The molecular formula is C17H26N4O3. The molecule has 1 aliphatic carbocycles. The summed E-state index contributed by atoms with van der Waals surface area (Å²) in [5.41, 5.74) is 1.63. The van der Waals surface area contributed by atoms with E-state index >= 15 is 0 Å². The van der Waals surface area contributed by atoms with Crippen molar-refractivity contribution >= 4 is 6.03 Å². The maximum absolute atomic E-state index is 12.5. The number of amides is 2. The van der Waals surface area contributed by atoms with Gasteiger partial charge in [-0.05, 0) is 12.8 Å². The second kappa shape index (κ2) is 7.79. The summed E-state index contributed by atoms with van der Waals surface area (Å²) in [5.74, 6) is 0. The molecule has 1 saturated carbocycles. The zero-order valence-electron chi connectivity index (χ0n) is 14.3. The van der Waals surface area contributed by atoms with E-state index in [1.807, 2.05) is 0 Å². The molecule has 1 N–H and O–H groups in total. The molecule has 7 heteroatoms. The van der Waals surface area contributed by atoms with Crippen LogP contribution in [0.3, 0.4) is 0 Å². The van der Waals surface area contributed by atoms with Crippen molar-refractivity contribution in [3.8, 4) is 0 Å². The summed E-state index contributed by atoms with van der Waals surface area (Å²) in [4.78, 5) is 26.4. The fourth-order valence-corrected chi connectivity index (χ4v) is 3.46. The first-order chi connectivity index (χ1) is 11.7.